The highest BCUT2D eigenvalue weighted by Gasteiger charge is 2.46. The molecule has 0 spiro atoms. The average molecular weight is 356 g/mol. The summed E-state index contributed by atoms with van der Waals surface area (Å²) < 4.78 is 0. The van der Waals surface area contributed by atoms with E-state index >= 15 is 0 Å². The SMILES string of the molecule is CC(C)(C)CCCCCCCCCC#Cc1cnc([C@@H]2C[C@H]3C[C@H]3N2)[nH]1. The summed E-state index contributed by atoms with van der Waals surface area (Å²) in [6.07, 6.45) is 16.3. The molecular formula is C23H37N3. The van der Waals surface area contributed by atoms with Crippen LogP contribution < -0.4 is 5.32 Å². The third-order valence-electron chi connectivity index (χ3n) is 5.75. The maximum absolute atomic E-state index is 4.51. The Morgan fingerprint density at radius 2 is 1.77 bits per heavy atom. The van der Waals surface area contributed by atoms with Crippen molar-refractivity contribution in [3.05, 3.63) is 17.7 Å². The molecule has 3 heteroatoms. The van der Waals surface area contributed by atoms with Crippen LogP contribution in [0.1, 0.15) is 109 Å². The lowest BCUT2D eigenvalue weighted by Crippen LogP contribution is -2.18. The van der Waals surface area contributed by atoms with E-state index in [2.05, 4.69) is 47.9 Å². The second-order valence-electron chi connectivity index (χ2n) is 9.58. The topological polar surface area (TPSA) is 40.7 Å². The van der Waals surface area contributed by atoms with Crippen LogP contribution in [-0.4, -0.2) is 16.0 Å². The van der Waals surface area contributed by atoms with Gasteiger partial charge in [-0.25, -0.2) is 4.98 Å². The Hall–Kier alpha value is -1.27. The summed E-state index contributed by atoms with van der Waals surface area (Å²) >= 11 is 0. The lowest BCUT2D eigenvalue weighted by Gasteiger charge is -2.17. The van der Waals surface area contributed by atoms with Gasteiger partial charge in [0.2, 0.25) is 0 Å². The molecule has 2 N–H and O–H groups in total. The van der Waals surface area contributed by atoms with Gasteiger partial charge in [0.1, 0.15) is 11.5 Å². The zero-order chi connectivity index (χ0) is 18.4. The fourth-order valence-electron chi connectivity index (χ4n) is 4.02. The van der Waals surface area contributed by atoms with Crippen LogP contribution in [0.5, 0.6) is 0 Å². The van der Waals surface area contributed by atoms with E-state index in [-0.39, 0.29) is 0 Å². The molecule has 0 aromatic carbocycles. The molecule has 1 aliphatic heterocycles. The number of aromatic nitrogens is 2. The van der Waals surface area contributed by atoms with E-state index < -0.39 is 0 Å². The number of rotatable bonds is 9. The minimum absolute atomic E-state index is 0.428. The van der Waals surface area contributed by atoms with Crippen molar-refractivity contribution in [2.24, 2.45) is 11.3 Å². The Morgan fingerprint density at radius 3 is 2.46 bits per heavy atom. The standard InChI is InChI=1S/C23H37N3/c1-23(2,3)14-12-10-8-6-4-5-7-9-11-13-19-17-24-22(25-19)21-16-18-15-20(18)26-21/h17-18,20-21,26H,4-10,12,14-16H2,1-3H3,(H,24,25)/t18-,20-,21+/m1/s1. The number of hydrogen-bond acceptors (Lipinski definition) is 2. The number of imidazole rings is 1. The number of unbranched alkanes of at least 4 members (excludes halogenated alkanes) is 7. The third kappa shape index (κ3) is 6.47. The lowest BCUT2D eigenvalue weighted by atomic mass is 9.89. The second-order valence-corrected chi connectivity index (χ2v) is 9.58. The van der Waals surface area contributed by atoms with E-state index in [1.807, 2.05) is 6.20 Å². The van der Waals surface area contributed by atoms with Crippen molar-refractivity contribution < 1.29 is 0 Å². The van der Waals surface area contributed by atoms with Gasteiger partial charge in [-0.1, -0.05) is 65.2 Å². The largest absolute Gasteiger partial charge is 0.334 e. The first kappa shape index (κ1) is 19.5. The molecule has 0 radical (unpaired) electrons. The van der Waals surface area contributed by atoms with Crippen LogP contribution in [0, 0.1) is 23.2 Å². The van der Waals surface area contributed by atoms with E-state index in [0.29, 0.717) is 11.5 Å². The van der Waals surface area contributed by atoms with Crippen molar-refractivity contribution in [3.8, 4) is 11.8 Å². The molecule has 3 nitrogen and oxygen atoms in total. The molecule has 0 unspecified atom stereocenters. The highest BCUT2D eigenvalue weighted by Crippen LogP contribution is 2.45. The quantitative estimate of drug-likeness (QED) is 0.438. The Labute approximate surface area is 160 Å². The predicted molar refractivity (Wildman–Crippen MR) is 109 cm³/mol. The van der Waals surface area contributed by atoms with Crippen LogP contribution in [0.15, 0.2) is 6.20 Å². The van der Waals surface area contributed by atoms with Crippen LogP contribution in [-0.2, 0) is 0 Å². The van der Waals surface area contributed by atoms with E-state index in [4.69, 9.17) is 0 Å². The minimum Gasteiger partial charge on any atom is -0.334 e. The molecule has 0 amide bonds. The van der Waals surface area contributed by atoms with Crippen molar-refractivity contribution in [3.63, 3.8) is 0 Å². The van der Waals surface area contributed by atoms with Gasteiger partial charge < -0.3 is 10.3 Å². The first-order valence-corrected chi connectivity index (χ1v) is 10.8. The number of aromatic amines is 1. The zero-order valence-electron chi connectivity index (χ0n) is 17.0. The van der Waals surface area contributed by atoms with E-state index in [0.717, 1.165) is 29.9 Å². The molecule has 1 saturated carbocycles. The van der Waals surface area contributed by atoms with Crippen LogP contribution in [0.4, 0.5) is 0 Å². The molecule has 26 heavy (non-hydrogen) atoms. The van der Waals surface area contributed by atoms with Crippen molar-refractivity contribution in [1.29, 1.82) is 0 Å². The van der Waals surface area contributed by atoms with E-state index in [1.165, 1.54) is 64.2 Å². The number of nitrogens with zero attached hydrogens (tertiary/aromatic N) is 1. The monoisotopic (exact) mass is 355 g/mol. The third-order valence-corrected chi connectivity index (χ3v) is 5.75. The molecule has 144 valence electrons. The van der Waals surface area contributed by atoms with Gasteiger partial charge in [-0.2, -0.15) is 0 Å². The molecule has 1 aromatic heterocycles. The first-order chi connectivity index (χ1) is 12.5. The fraction of sp³-hybridized carbons (Fsp3) is 0.783. The Morgan fingerprint density at radius 1 is 1.04 bits per heavy atom. The van der Waals surface area contributed by atoms with Crippen molar-refractivity contribution in [1.82, 2.24) is 15.3 Å². The lowest BCUT2D eigenvalue weighted by molar-refractivity contribution is 0.356. The van der Waals surface area contributed by atoms with Gasteiger partial charge in [0.05, 0.1) is 12.2 Å². The summed E-state index contributed by atoms with van der Waals surface area (Å²) in [6.45, 7) is 7.02. The van der Waals surface area contributed by atoms with Gasteiger partial charge in [-0.3, -0.25) is 0 Å². The maximum Gasteiger partial charge on any atom is 0.124 e. The Bertz CT molecular complexity index is 603. The summed E-state index contributed by atoms with van der Waals surface area (Å²) in [6, 6.07) is 1.19. The maximum atomic E-state index is 4.51. The molecule has 2 heterocycles. The highest BCUT2D eigenvalue weighted by atomic mass is 15.1. The van der Waals surface area contributed by atoms with Gasteiger partial charge in [-0.15, -0.1) is 0 Å². The number of piperidine rings is 1. The summed E-state index contributed by atoms with van der Waals surface area (Å²) in [5.41, 5.74) is 1.48. The van der Waals surface area contributed by atoms with E-state index in [1.54, 1.807) is 0 Å². The summed E-state index contributed by atoms with van der Waals surface area (Å²) in [4.78, 5) is 7.90. The highest BCUT2D eigenvalue weighted by molar-refractivity contribution is 5.27. The molecule has 0 bridgehead atoms. The molecule has 2 fully saturated rings. The van der Waals surface area contributed by atoms with Crippen molar-refractivity contribution >= 4 is 0 Å². The van der Waals surface area contributed by atoms with Gasteiger partial charge in [0, 0.05) is 12.5 Å². The van der Waals surface area contributed by atoms with Crippen LogP contribution >= 0.6 is 0 Å². The average Bonchev–Trinajstić information content (AvgIpc) is 2.98. The zero-order valence-corrected chi connectivity index (χ0v) is 17.0. The molecule has 3 rings (SSSR count). The van der Waals surface area contributed by atoms with Crippen LogP contribution in [0.2, 0.25) is 0 Å². The van der Waals surface area contributed by atoms with Crippen LogP contribution in [0.3, 0.4) is 0 Å². The van der Waals surface area contributed by atoms with Gasteiger partial charge in [0.25, 0.3) is 0 Å². The van der Waals surface area contributed by atoms with Crippen LogP contribution in [0.25, 0.3) is 0 Å². The molecule has 1 aliphatic carbocycles. The second kappa shape index (κ2) is 9.09. The normalized spacial score (nSPS) is 24.2. The minimum atomic E-state index is 0.428. The van der Waals surface area contributed by atoms with Crippen molar-refractivity contribution in [2.45, 2.75) is 103 Å². The summed E-state index contributed by atoms with van der Waals surface area (Å²) in [5.74, 6) is 8.54. The van der Waals surface area contributed by atoms with E-state index in [9.17, 15) is 0 Å². The Balaban J connectivity index is 1.20. The smallest absolute Gasteiger partial charge is 0.124 e. The molecule has 1 aromatic rings. The number of hydrogen-bond donors (Lipinski definition) is 2. The fourth-order valence-corrected chi connectivity index (χ4v) is 4.02. The summed E-state index contributed by atoms with van der Waals surface area (Å²) in [7, 11) is 0. The molecule has 2 aliphatic rings. The Kier molecular flexibility index (Phi) is 6.81. The number of fused-ring (bicyclic) bond motifs is 1. The number of nitrogens with one attached hydrogen (secondary N) is 2. The van der Waals surface area contributed by atoms with Gasteiger partial charge >= 0.3 is 0 Å². The predicted octanol–water partition coefficient (Wildman–Crippen LogP) is 5.74. The van der Waals surface area contributed by atoms with Crippen molar-refractivity contribution in [2.75, 3.05) is 0 Å². The molecular weight excluding hydrogens is 318 g/mol. The summed E-state index contributed by atoms with van der Waals surface area (Å²) in [5, 5.41) is 3.63. The number of H-pyrrole nitrogens is 1. The van der Waals surface area contributed by atoms with Gasteiger partial charge in [0.15, 0.2) is 0 Å². The van der Waals surface area contributed by atoms with Gasteiger partial charge in [-0.05, 0) is 42.9 Å². The first-order valence-electron chi connectivity index (χ1n) is 10.8. The molecule has 3 atom stereocenters. The molecule has 1 saturated heterocycles.